The molecule has 0 amide bonds. The number of H-pyrrole nitrogens is 1. The van der Waals surface area contributed by atoms with E-state index in [1.807, 2.05) is 30.5 Å². The van der Waals surface area contributed by atoms with E-state index in [0.29, 0.717) is 11.5 Å². The third-order valence-electron chi connectivity index (χ3n) is 2.34. The first-order valence-corrected chi connectivity index (χ1v) is 6.25. The molecule has 2 aromatic rings. The van der Waals surface area contributed by atoms with Gasteiger partial charge in [-0.25, -0.2) is 9.78 Å². The molecule has 0 unspecified atom stereocenters. The molecule has 0 fully saturated rings. The van der Waals surface area contributed by atoms with Gasteiger partial charge in [-0.15, -0.1) is 11.8 Å². The standard InChI is InChI=1S/C12H12N2O2S/c1-16-12(15)10-7-13-11(14-10)8-3-5-9(17-2)6-4-8/h3-7H,1-2H3,(H,13,14). The average molecular weight is 248 g/mol. The van der Waals surface area contributed by atoms with Gasteiger partial charge >= 0.3 is 5.97 Å². The number of aromatic amines is 1. The Morgan fingerprint density at radius 3 is 2.65 bits per heavy atom. The number of thioether (sulfide) groups is 1. The highest BCUT2D eigenvalue weighted by atomic mass is 32.2. The van der Waals surface area contributed by atoms with E-state index >= 15 is 0 Å². The molecule has 0 atom stereocenters. The third-order valence-corrected chi connectivity index (χ3v) is 3.09. The molecule has 17 heavy (non-hydrogen) atoms. The fourth-order valence-electron chi connectivity index (χ4n) is 1.43. The normalized spacial score (nSPS) is 10.2. The highest BCUT2D eigenvalue weighted by molar-refractivity contribution is 7.98. The van der Waals surface area contributed by atoms with Crippen molar-refractivity contribution in [2.24, 2.45) is 0 Å². The van der Waals surface area contributed by atoms with Crippen LogP contribution in [0.25, 0.3) is 11.4 Å². The summed E-state index contributed by atoms with van der Waals surface area (Å²) in [6, 6.07) is 7.96. The number of methoxy groups -OCH3 is 1. The van der Waals surface area contributed by atoms with E-state index in [4.69, 9.17) is 0 Å². The zero-order valence-corrected chi connectivity index (χ0v) is 10.4. The average Bonchev–Trinajstić information content (AvgIpc) is 2.87. The number of benzene rings is 1. The van der Waals surface area contributed by atoms with Gasteiger partial charge in [-0.05, 0) is 18.4 Å². The van der Waals surface area contributed by atoms with Gasteiger partial charge in [0.25, 0.3) is 0 Å². The Morgan fingerprint density at radius 2 is 2.06 bits per heavy atom. The van der Waals surface area contributed by atoms with Crippen LogP contribution in [0, 0.1) is 0 Å². The fraction of sp³-hybridized carbons (Fsp3) is 0.167. The summed E-state index contributed by atoms with van der Waals surface area (Å²) in [5.41, 5.74) is 1.30. The SMILES string of the molecule is COC(=O)c1cnc(-c2ccc(SC)cc2)[nH]1. The molecule has 5 heteroatoms. The van der Waals surface area contributed by atoms with Crippen LogP contribution in [0.15, 0.2) is 35.4 Å². The van der Waals surface area contributed by atoms with Crippen LogP contribution in [0.1, 0.15) is 10.5 Å². The molecule has 0 aliphatic carbocycles. The minimum Gasteiger partial charge on any atom is -0.464 e. The molecule has 4 nitrogen and oxygen atoms in total. The molecule has 0 saturated carbocycles. The number of nitrogens with zero attached hydrogens (tertiary/aromatic N) is 1. The number of hydrogen-bond acceptors (Lipinski definition) is 4. The van der Waals surface area contributed by atoms with Gasteiger partial charge < -0.3 is 9.72 Å². The monoisotopic (exact) mass is 248 g/mol. The van der Waals surface area contributed by atoms with E-state index in [1.165, 1.54) is 18.2 Å². The highest BCUT2D eigenvalue weighted by Crippen LogP contribution is 2.20. The van der Waals surface area contributed by atoms with Crippen LogP contribution in [0.2, 0.25) is 0 Å². The summed E-state index contributed by atoms with van der Waals surface area (Å²) in [7, 11) is 1.34. The molecule has 2 rings (SSSR count). The summed E-state index contributed by atoms with van der Waals surface area (Å²) in [4.78, 5) is 19.5. The maximum atomic E-state index is 11.3. The van der Waals surface area contributed by atoms with Gasteiger partial charge in [0.15, 0.2) is 0 Å². The second kappa shape index (κ2) is 5.05. The van der Waals surface area contributed by atoms with Gasteiger partial charge in [-0.3, -0.25) is 0 Å². The fourth-order valence-corrected chi connectivity index (χ4v) is 1.84. The molecule has 0 spiro atoms. The van der Waals surface area contributed by atoms with Crippen molar-refractivity contribution in [2.75, 3.05) is 13.4 Å². The molecule has 1 aromatic heterocycles. The van der Waals surface area contributed by atoms with Crippen molar-refractivity contribution in [1.82, 2.24) is 9.97 Å². The Hall–Kier alpha value is -1.75. The molecule has 0 radical (unpaired) electrons. The quantitative estimate of drug-likeness (QED) is 0.670. The summed E-state index contributed by atoms with van der Waals surface area (Å²) in [5.74, 6) is 0.252. The van der Waals surface area contributed by atoms with E-state index in [-0.39, 0.29) is 0 Å². The summed E-state index contributed by atoms with van der Waals surface area (Å²) in [6.45, 7) is 0. The minimum atomic E-state index is -0.413. The number of ether oxygens (including phenoxy) is 1. The number of rotatable bonds is 3. The van der Waals surface area contributed by atoms with Gasteiger partial charge in [-0.1, -0.05) is 12.1 Å². The van der Waals surface area contributed by atoms with Crippen LogP contribution < -0.4 is 0 Å². The van der Waals surface area contributed by atoms with Crippen molar-refractivity contribution >= 4 is 17.7 Å². The zero-order chi connectivity index (χ0) is 12.3. The zero-order valence-electron chi connectivity index (χ0n) is 9.56. The highest BCUT2D eigenvalue weighted by Gasteiger charge is 2.10. The van der Waals surface area contributed by atoms with Gasteiger partial charge in [0, 0.05) is 10.5 Å². The molecule has 1 N–H and O–H groups in total. The summed E-state index contributed by atoms with van der Waals surface area (Å²) in [5, 5.41) is 0. The number of esters is 1. The minimum absolute atomic E-state index is 0.358. The second-order valence-corrected chi connectivity index (χ2v) is 4.25. The van der Waals surface area contributed by atoms with E-state index in [2.05, 4.69) is 14.7 Å². The van der Waals surface area contributed by atoms with Crippen molar-refractivity contribution in [3.05, 3.63) is 36.2 Å². The summed E-state index contributed by atoms with van der Waals surface area (Å²) >= 11 is 1.68. The Labute approximate surface area is 103 Å². The van der Waals surface area contributed by atoms with Crippen LogP contribution in [-0.2, 0) is 4.74 Å². The van der Waals surface area contributed by atoms with E-state index in [0.717, 1.165) is 5.56 Å². The molecular formula is C12H12N2O2S. The van der Waals surface area contributed by atoms with Crippen LogP contribution in [-0.4, -0.2) is 29.3 Å². The first kappa shape index (κ1) is 11.7. The first-order valence-electron chi connectivity index (χ1n) is 5.02. The number of carbonyl (C=O) groups is 1. The Bertz CT molecular complexity index is 520. The number of nitrogens with one attached hydrogen (secondary N) is 1. The third kappa shape index (κ3) is 2.50. The van der Waals surface area contributed by atoms with Crippen molar-refractivity contribution in [1.29, 1.82) is 0 Å². The van der Waals surface area contributed by atoms with Crippen LogP contribution in [0.3, 0.4) is 0 Å². The lowest BCUT2D eigenvalue weighted by molar-refractivity contribution is 0.0595. The van der Waals surface area contributed by atoms with Crippen LogP contribution in [0.4, 0.5) is 0 Å². The summed E-state index contributed by atoms with van der Waals surface area (Å²) in [6.07, 6.45) is 3.50. The number of imidazole rings is 1. The molecule has 1 aromatic carbocycles. The van der Waals surface area contributed by atoms with Crippen molar-refractivity contribution in [2.45, 2.75) is 4.90 Å². The lowest BCUT2D eigenvalue weighted by atomic mass is 10.2. The van der Waals surface area contributed by atoms with E-state index in [9.17, 15) is 4.79 Å². The van der Waals surface area contributed by atoms with Crippen molar-refractivity contribution in [3.63, 3.8) is 0 Å². The molecule has 0 aliphatic heterocycles. The maximum Gasteiger partial charge on any atom is 0.356 e. The second-order valence-electron chi connectivity index (χ2n) is 3.37. The van der Waals surface area contributed by atoms with E-state index < -0.39 is 5.97 Å². The smallest absolute Gasteiger partial charge is 0.356 e. The first-order chi connectivity index (χ1) is 8.24. The van der Waals surface area contributed by atoms with Crippen molar-refractivity contribution < 1.29 is 9.53 Å². The molecule has 1 heterocycles. The predicted molar refractivity (Wildman–Crippen MR) is 67.1 cm³/mol. The van der Waals surface area contributed by atoms with Gasteiger partial charge in [0.05, 0.1) is 13.3 Å². The number of carbonyl (C=O) groups excluding carboxylic acids is 1. The van der Waals surface area contributed by atoms with Crippen molar-refractivity contribution in [3.8, 4) is 11.4 Å². The molecule has 0 saturated heterocycles. The maximum absolute atomic E-state index is 11.3. The van der Waals surface area contributed by atoms with Gasteiger partial charge in [0.2, 0.25) is 0 Å². The largest absolute Gasteiger partial charge is 0.464 e. The lowest BCUT2D eigenvalue weighted by Gasteiger charge is -1.99. The Kier molecular flexibility index (Phi) is 3.49. The van der Waals surface area contributed by atoms with Gasteiger partial charge in [-0.2, -0.15) is 0 Å². The van der Waals surface area contributed by atoms with E-state index in [1.54, 1.807) is 11.8 Å². The number of hydrogen-bond donors (Lipinski definition) is 1. The van der Waals surface area contributed by atoms with Crippen LogP contribution in [0.5, 0.6) is 0 Å². The molecule has 0 bridgehead atoms. The predicted octanol–water partition coefficient (Wildman–Crippen LogP) is 2.59. The molecule has 88 valence electrons. The summed E-state index contributed by atoms with van der Waals surface area (Å²) < 4.78 is 4.61. The Morgan fingerprint density at radius 1 is 1.35 bits per heavy atom. The topological polar surface area (TPSA) is 55.0 Å². The lowest BCUT2D eigenvalue weighted by Crippen LogP contribution is -2.00. The van der Waals surface area contributed by atoms with Crippen LogP contribution >= 0.6 is 11.8 Å². The molecular weight excluding hydrogens is 236 g/mol. The number of aromatic nitrogens is 2. The Balaban J connectivity index is 2.27. The van der Waals surface area contributed by atoms with Gasteiger partial charge in [0.1, 0.15) is 11.5 Å². The molecule has 0 aliphatic rings.